The first-order valence-corrected chi connectivity index (χ1v) is 6.54. The number of carboxylic acid groups (broad SMARTS) is 1. The monoisotopic (exact) mass is 296 g/mol. The highest BCUT2D eigenvalue weighted by molar-refractivity contribution is 7.09. The molecule has 0 fully saturated rings. The molecule has 0 aliphatic carbocycles. The zero-order valence-electron chi connectivity index (χ0n) is 10.3. The number of carboxylic acids is 1. The highest BCUT2D eigenvalue weighted by atomic mass is 32.1. The molecule has 10 heteroatoms. The number of nitrogens with zero attached hydrogens (tertiary/aromatic N) is 4. The highest BCUT2D eigenvalue weighted by Gasteiger charge is 2.12. The van der Waals surface area contributed by atoms with Crippen LogP contribution in [-0.4, -0.2) is 43.5 Å². The van der Waals surface area contributed by atoms with Gasteiger partial charge in [-0.15, -0.1) is 16.4 Å². The minimum Gasteiger partial charge on any atom is -0.476 e. The Balaban J connectivity index is 1.91. The Kier molecular flexibility index (Phi) is 4.38. The van der Waals surface area contributed by atoms with Crippen LogP contribution in [-0.2, 0) is 13.1 Å². The molecule has 2 rings (SSSR count). The van der Waals surface area contributed by atoms with E-state index in [1.807, 2.05) is 0 Å². The van der Waals surface area contributed by atoms with Crippen molar-refractivity contribution in [1.29, 1.82) is 0 Å². The van der Waals surface area contributed by atoms with E-state index in [1.54, 1.807) is 0 Å². The Morgan fingerprint density at radius 2 is 2.25 bits per heavy atom. The van der Waals surface area contributed by atoms with E-state index in [2.05, 4.69) is 20.6 Å². The SMILES string of the molecule is NCCn1cc(C(=O)NCc2nc(C(=O)O)cs2)nn1. The molecule has 9 nitrogen and oxygen atoms in total. The fourth-order valence-electron chi connectivity index (χ4n) is 1.38. The average Bonchev–Trinajstić information content (AvgIpc) is 3.05. The van der Waals surface area contributed by atoms with E-state index in [0.717, 1.165) is 11.3 Å². The van der Waals surface area contributed by atoms with Gasteiger partial charge >= 0.3 is 5.97 Å². The summed E-state index contributed by atoms with van der Waals surface area (Å²) in [5, 5.41) is 20.7. The van der Waals surface area contributed by atoms with Crippen LogP contribution in [0.3, 0.4) is 0 Å². The number of nitrogens with one attached hydrogen (secondary N) is 1. The van der Waals surface area contributed by atoms with Gasteiger partial charge in [-0.1, -0.05) is 5.21 Å². The van der Waals surface area contributed by atoms with Crippen molar-refractivity contribution in [3.8, 4) is 0 Å². The van der Waals surface area contributed by atoms with Gasteiger partial charge in [0.2, 0.25) is 0 Å². The summed E-state index contributed by atoms with van der Waals surface area (Å²) in [6, 6.07) is 0. The second-order valence-electron chi connectivity index (χ2n) is 3.77. The largest absolute Gasteiger partial charge is 0.476 e. The second kappa shape index (κ2) is 6.21. The van der Waals surface area contributed by atoms with Crippen molar-refractivity contribution in [3.05, 3.63) is 28.0 Å². The van der Waals surface area contributed by atoms with Gasteiger partial charge < -0.3 is 16.2 Å². The first-order valence-electron chi connectivity index (χ1n) is 5.66. The maximum Gasteiger partial charge on any atom is 0.355 e. The van der Waals surface area contributed by atoms with Gasteiger partial charge in [0.1, 0.15) is 5.01 Å². The van der Waals surface area contributed by atoms with Crippen LogP contribution in [0.25, 0.3) is 0 Å². The number of rotatable bonds is 6. The van der Waals surface area contributed by atoms with Crippen molar-refractivity contribution in [2.75, 3.05) is 6.54 Å². The number of carbonyl (C=O) groups is 2. The van der Waals surface area contributed by atoms with Crippen LogP contribution in [0.1, 0.15) is 26.0 Å². The van der Waals surface area contributed by atoms with E-state index < -0.39 is 11.9 Å². The Bertz CT molecular complexity index is 622. The minimum absolute atomic E-state index is 0.0341. The summed E-state index contributed by atoms with van der Waals surface area (Å²) in [7, 11) is 0. The zero-order chi connectivity index (χ0) is 14.5. The molecule has 1 amide bonds. The van der Waals surface area contributed by atoms with Crippen LogP contribution >= 0.6 is 11.3 Å². The third-order valence-electron chi connectivity index (χ3n) is 2.30. The van der Waals surface area contributed by atoms with E-state index in [9.17, 15) is 9.59 Å². The normalized spacial score (nSPS) is 10.4. The van der Waals surface area contributed by atoms with Gasteiger partial charge in [-0.05, 0) is 0 Å². The van der Waals surface area contributed by atoms with Crippen molar-refractivity contribution in [2.24, 2.45) is 5.73 Å². The first-order chi connectivity index (χ1) is 9.60. The number of amides is 1. The molecule has 106 valence electrons. The summed E-state index contributed by atoms with van der Waals surface area (Å²) in [6.45, 7) is 1.02. The van der Waals surface area contributed by atoms with Crippen molar-refractivity contribution >= 4 is 23.2 Å². The van der Waals surface area contributed by atoms with Gasteiger partial charge in [0.15, 0.2) is 11.4 Å². The zero-order valence-corrected chi connectivity index (χ0v) is 11.1. The van der Waals surface area contributed by atoms with Crippen LogP contribution in [0.15, 0.2) is 11.6 Å². The summed E-state index contributed by atoms with van der Waals surface area (Å²) in [5.74, 6) is -1.50. The summed E-state index contributed by atoms with van der Waals surface area (Å²) >= 11 is 1.16. The number of hydrogen-bond acceptors (Lipinski definition) is 7. The maximum atomic E-state index is 11.8. The number of aromatic carboxylic acids is 1. The standard InChI is InChI=1S/C10H12N6O3S/c11-1-2-16-4-6(14-15-16)9(17)12-3-8-13-7(5-20-8)10(18)19/h4-5H,1-3,11H2,(H,12,17)(H,18,19). The number of carbonyl (C=O) groups excluding carboxylic acids is 1. The van der Waals surface area contributed by atoms with E-state index in [1.165, 1.54) is 16.3 Å². The molecule has 20 heavy (non-hydrogen) atoms. The van der Waals surface area contributed by atoms with Crippen molar-refractivity contribution in [1.82, 2.24) is 25.3 Å². The Labute approximate surface area is 117 Å². The number of aromatic nitrogens is 4. The predicted molar refractivity (Wildman–Crippen MR) is 69.3 cm³/mol. The Morgan fingerprint density at radius 1 is 1.45 bits per heavy atom. The molecule has 0 aromatic carbocycles. The Hall–Kier alpha value is -2.33. The second-order valence-corrected chi connectivity index (χ2v) is 4.71. The van der Waals surface area contributed by atoms with Gasteiger partial charge in [-0.25, -0.2) is 9.78 Å². The lowest BCUT2D eigenvalue weighted by Gasteiger charge is -1.98. The molecular formula is C10H12N6O3S. The third-order valence-corrected chi connectivity index (χ3v) is 3.15. The summed E-state index contributed by atoms with van der Waals surface area (Å²) in [6.07, 6.45) is 1.49. The van der Waals surface area contributed by atoms with E-state index >= 15 is 0 Å². The lowest BCUT2D eigenvalue weighted by atomic mass is 10.4. The van der Waals surface area contributed by atoms with Gasteiger partial charge in [0.05, 0.1) is 19.3 Å². The van der Waals surface area contributed by atoms with Crippen LogP contribution in [0, 0.1) is 0 Å². The molecule has 0 aliphatic rings. The quantitative estimate of drug-likeness (QED) is 0.642. The first kappa shape index (κ1) is 14.1. The Morgan fingerprint density at radius 3 is 2.90 bits per heavy atom. The average molecular weight is 296 g/mol. The van der Waals surface area contributed by atoms with Crippen LogP contribution in [0.5, 0.6) is 0 Å². The molecule has 0 spiro atoms. The number of thiazole rings is 1. The number of nitrogens with two attached hydrogens (primary N) is 1. The third kappa shape index (κ3) is 3.36. The van der Waals surface area contributed by atoms with E-state index in [4.69, 9.17) is 10.8 Å². The molecule has 2 aromatic rings. The van der Waals surface area contributed by atoms with E-state index in [-0.39, 0.29) is 17.9 Å². The fraction of sp³-hybridized carbons (Fsp3) is 0.300. The summed E-state index contributed by atoms with van der Waals surface area (Å²) in [5.41, 5.74) is 5.50. The molecule has 0 saturated heterocycles. The summed E-state index contributed by atoms with van der Waals surface area (Å²) in [4.78, 5) is 26.3. The molecule has 0 saturated carbocycles. The van der Waals surface area contributed by atoms with Crippen LogP contribution in [0.2, 0.25) is 0 Å². The molecule has 2 aromatic heterocycles. The summed E-state index contributed by atoms with van der Waals surface area (Å²) < 4.78 is 1.47. The molecule has 0 atom stereocenters. The molecule has 0 bridgehead atoms. The van der Waals surface area contributed by atoms with Crippen molar-refractivity contribution < 1.29 is 14.7 Å². The molecule has 0 unspecified atom stereocenters. The molecule has 0 radical (unpaired) electrons. The van der Waals surface area contributed by atoms with Gasteiger partial charge in [-0.2, -0.15) is 0 Å². The smallest absolute Gasteiger partial charge is 0.355 e. The van der Waals surface area contributed by atoms with Gasteiger partial charge in [0.25, 0.3) is 5.91 Å². The maximum absolute atomic E-state index is 11.8. The fourth-order valence-corrected chi connectivity index (χ4v) is 2.09. The van der Waals surface area contributed by atoms with Gasteiger partial charge in [0, 0.05) is 11.9 Å². The van der Waals surface area contributed by atoms with Crippen molar-refractivity contribution in [2.45, 2.75) is 13.1 Å². The topological polar surface area (TPSA) is 136 Å². The predicted octanol–water partition coefficient (Wildman–Crippen LogP) is -0.679. The minimum atomic E-state index is -1.09. The van der Waals surface area contributed by atoms with Crippen LogP contribution in [0.4, 0.5) is 0 Å². The lowest BCUT2D eigenvalue weighted by molar-refractivity contribution is 0.0691. The molecule has 4 N–H and O–H groups in total. The van der Waals surface area contributed by atoms with Crippen molar-refractivity contribution in [3.63, 3.8) is 0 Å². The molecular weight excluding hydrogens is 284 g/mol. The van der Waals surface area contributed by atoms with E-state index in [0.29, 0.717) is 18.1 Å². The lowest BCUT2D eigenvalue weighted by Crippen LogP contribution is -2.23. The number of hydrogen-bond donors (Lipinski definition) is 3. The highest BCUT2D eigenvalue weighted by Crippen LogP contribution is 2.09. The van der Waals surface area contributed by atoms with Gasteiger partial charge in [-0.3, -0.25) is 9.48 Å². The molecule has 0 aliphatic heterocycles. The van der Waals surface area contributed by atoms with Crippen LogP contribution < -0.4 is 11.1 Å². The molecule has 2 heterocycles.